The lowest BCUT2D eigenvalue weighted by Crippen LogP contribution is -2.39. The zero-order chi connectivity index (χ0) is 24.2. The van der Waals surface area contributed by atoms with Crippen LogP contribution in [0.1, 0.15) is 47.2 Å². The number of likely N-dealkylation sites (tertiary alicyclic amines) is 1. The average Bonchev–Trinajstić information content (AvgIpc) is 3.44. The molecule has 1 fully saturated rings. The van der Waals surface area contributed by atoms with Gasteiger partial charge >= 0.3 is 0 Å². The second-order valence-electron chi connectivity index (χ2n) is 8.41. The van der Waals surface area contributed by atoms with Gasteiger partial charge in [-0.1, -0.05) is 6.07 Å². The number of piperidine rings is 1. The number of benzene rings is 2. The molecule has 35 heavy (non-hydrogen) atoms. The van der Waals surface area contributed by atoms with Gasteiger partial charge < -0.3 is 14.4 Å². The smallest absolute Gasteiger partial charge is 0.254 e. The molecular formula is C26H26N6O3. The summed E-state index contributed by atoms with van der Waals surface area (Å²) in [7, 11) is 1.62. The van der Waals surface area contributed by atoms with Crippen LogP contribution in [0.3, 0.4) is 0 Å². The van der Waals surface area contributed by atoms with Crippen LogP contribution in [-0.4, -0.2) is 49.2 Å². The van der Waals surface area contributed by atoms with Crippen LogP contribution in [0.5, 0.6) is 17.4 Å². The molecule has 2 aromatic carbocycles. The van der Waals surface area contributed by atoms with Gasteiger partial charge in [0.2, 0.25) is 5.88 Å². The highest BCUT2D eigenvalue weighted by molar-refractivity contribution is 5.95. The van der Waals surface area contributed by atoms with Crippen LogP contribution in [0.25, 0.3) is 5.69 Å². The number of aromatic nitrogens is 5. The summed E-state index contributed by atoms with van der Waals surface area (Å²) in [5.41, 5.74) is 2.22. The molecular weight excluding hydrogens is 444 g/mol. The van der Waals surface area contributed by atoms with Gasteiger partial charge in [-0.25, -0.2) is 4.98 Å². The Labute approximate surface area is 203 Å². The number of hydrogen-bond donors (Lipinski definition) is 0. The quantitative estimate of drug-likeness (QED) is 0.408. The molecule has 9 heteroatoms. The molecule has 3 heterocycles. The Morgan fingerprint density at radius 3 is 2.51 bits per heavy atom. The lowest BCUT2D eigenvalue weighted by atomic mass is 9.99. The lowest BCUT2D eigenvalue weighted by molar-refractivity contribution is 0.0598. The van der Waals surface area contributed by atoms with E-state index in [2.05, 4.69) is 15.2 Å². The first kappa shape index (κ1) is 22.5. The van der Waals surface area contributed by atoms with Crippen LogP contribution in [0.2, 0.25) is 0 Å². The molecule has 0 N–H and O–H groups in total. The number of ether oxygens (including phenoxy) is 2. The van der Waals surface area contributed by atoms with Crippen LogP contribution in [0.15, 0.2) is 67.3 Å². The summed E-state index contributed by atoms with van der Waals surface area (Å²) in [6.45, 7) is 2.55. The van der Waals surface area contributed by atoms with Crippen molar-refractivity contribution in [3.05, 3.63) is 84.3 Å². The van der Waals surface area contributed by atoms with E-state index in [1.807, 2.05) is 60.4 Å². The van der Waals surface area contributed by atoms with Gasteiger partial charge in [0.15, 0.2) is 5.82 Å². The van der Waals surface area contributed by atoms with Crippen LogP contribution in [0, 0.1) is 6.92 Å². The van der Waals surface area contributed by atoms with Gasteiger partial charge in [-0.3, -0.25) is 9.36 Å². The molecule has 0 spiro atoms. The zero-order valence-corrected chi connectivity index (χ0v) is 19.7. The van der Waals surface area contributed by atoms with E-state index in [1.165, 1.54) is 0 Å². The molecule has 0 radical (unpaired) electrons. The Hall–Kier alpha value is -4.27. The molecule has 1 atom stereocenters. The summed E-state index contributed by atoms with van der Waals surface area (Å²) in [5, 5.41) is 7.71. The minimum absolute atomic E-state index is 0.0487. The fourth-order valence-electron chi connectivity index (χ4n) is 4.27. The number of amides is 1. The molecule has 1 saturated heterocycles. The number of carbonyl (C=O) groups is 1. The molecule has 178 valence electrons. The molecule has 5 rings (SSSR count). The average molecular weight is 471 g/mol. The molecule has 4 aromatic rings. The van der Waals surface area contributed by atoms with Crippen molar-refractivity contribution in [2.75, 3.05) is 13.7 Å². The predicted octanol–water partition coefficient (Wildman–Crippen LogP) is 4.53. The van der Waals surface area contributed by atoms with Crippen LogP contribution < -0.4 is 9.47 Å². The molecule has 9 nitrogen and oxygen atoms in total. The highest BCUT2D eigenvalue weighted by atomic mass is 16.5. The van der Waals surface area contributed by atoms with E-state index < -0.39 is 0 Å². The first-order valence-electron chi connectivity index (χ1n) is 11.5. The third-order valence-electron chi connectivity index (χ3n) is 6.00. The fourth-order valence-corrected chi connectivity index (χ4v) is 4.27. The minimum atomic E-state index is -0.229. The maximum atomic E-state index is 13.6. The third-order valence-corrected chi connectivity index (χ3v) is 6.00. The van der Waals surface area contributed by atoms with Crippen molar-refractivity contribution in [2.45, 2.75) is 32.2 Å². The van der Waals surface area contributed by atoms with Crippen molar-refractivity contribution in [1.82, 2.24) is 29.6 Å². The van der Waals surface area contributed by atoms with Crippen molar-refractivity contribution in [1.29, 1.82) is 0 Å². The SMILES string of the molecule is COc1ccc(Oc2cc(C)nc([C@H]3CCCCN3C(=O)c3cccc(-n4cnnc4)c3)n2)cc1. The number of hydrogen-bond acceptors (Lipinski definition) is 7. The van der Waals surface area contributed by atoms with Crippen molar-refractivity contribution < 1.29 is 14.3 Å². The Kier molecular flexibility index (Phi) is 6.38. The molecule has 0 unspecified atom stereocenters. The van der Waals surface area contributed by atoms with Gasteiger partial charge in [-0.2, -0.15) is 4.98 Å². The summed E-state index contributed by atoms with van der Waals surface area (Å²) in [6.07, 6.45) is 5.95. The molecule has 1 aliphatic rings. The second kappa shape index (κ2) is 9.92. The Balaban J connectivity index is 1.41. The third kappa shape index (κ3) is 4.98. The molecule has 0 aliphatic carbocycles. The van der Waals surface area contributed by atoms with E-state index in [1.54, 1.807) is 30.4 Å². The predicted molar refractivity (Wildman–Crippen MR) is 129 cm³/mol. The zero-order valence-electron chi connectivity index (χ0n) is 19.7. The maximum absolute atomic E-state index is 13.6. The molecule has 1 amide bonds. The number of methoxy groups -OCH3 is 1. The number of carbonyl (C=O) groups excluding carboxylic acids is 1. The molecule has 2 aromatic heterocycles. The van der Waals surface area contributed by atoms with Gasteiger partial charge in [-0.05, 0) is 68.7 Å². The van der Waals surface area contributed by atoms with E-state index in [-0.39, 0.29) is 11.9 Å². The second-order valence-corrected chi connectivity index (χ2v) is 8.41. The largest absolute Gasteiger partial charge is 0.497 e. The molecule has 1 aliphatic heterocycles. The number of rotatable bonds is 6. The summed E-state index contributed by atoms with van der Waals surface area (Å²) in [5.74, 6) is 2.40. The van der Waals surface area contributed by atoms with Gasteiger partial charge in [0.1, 0.15) is 24.2 Å². The number of nitrogens with zero attached hydrogens (tertiary/aromatic N) is 6. The van der Waals surface area contributed by atoms with Gasteiger partial charge in [0.05, 0.1) is 13.2 Å². The van der Waals surface area contributed by atoms with Crippen LogP contribution >= 0.6 is 0 Å². The van der Waals surface area contributed by atoms with Gasteiger partial charge in [-0.15, -0.1) is 10.2 Å². The first-order chi connectivity index (χ1) is 17.1. The summed E-state index contributed by atoms with van der Waals surface area (Å²) >= 11 is 0. The highest BCUT2D eigenvalue weighted by Gasteiger charge is 2.31. The minimum Gasteiger partial charge on any atom is -0.497 e. The highest BCUT2D eigenvalue weighted by Crippen LogP contribution is 2.32. The van der Waals surface area contributed by atoms with Crippen molar-refractivity contribution >= 4 is 5.91 Å². The van der Waals surface area contributed by atoms with E-state index in [4.69, 9.17) is 14.5 Å². The van der Waals surface area contributed by atoms with Gasteiger partial charge in [0, 0.05) is 29.6 Å². The fraction of sp³-hybridized carbons (Fsp3) is 0.269. The normalized spacial score (nSPS) is 15.6. The van der Waals surface area contributed by atoms with E-state index in [9.17, 15) is 4.79 Å². The van der Waals surface area contributed by atoms with Crippen molar-refractivity contribution in [2.24, 2.45) is 0 Å². The summed E-state index contributed by atoms with van der Waals surface area (Å²) in [4.78, 5) is 24.9. The lowest BCUT2D eigenvalue weighted by Gasteiger charge is -2.35. The standard InChI is InChI=1S/C26H26N6O3/c1-18-14-24(35-22-11-9-21(34-2)10-12-22)30-25(29-18)23-8-3-4-13-32(23)26(33)19-6-5-7-20(15-19)31-16-27-28-17-31/h5-7,9-12,14-17,23H,3-4,8,13H2,1-2H3/t23-/m1/s1. The summed E-state index contributed by atoms with van der Waals surface area (Å²) < 4.78 is 13.0. The Morgan fingerprint density at radius 2 is 1.74 bits per heavy atom. The van der Waals surface area contributed by atoms with Crippen LogP contribution in [0.4, 0.5) is 0 Å². The van der Waals surface area contributed by atoms with E-state index in [0.29, 0.717) is 29.6 Å². The Morgan fingerprint density at radius 1 is 0.971 bits per heavy atom. The topological polar surface area (TPSA) is 95.3 Å². The summed E-state index contributed by atoms with van der Waals surface area (Å²) in [6, 6.07) is 16.4. The molecule has 0 bridgehead atoms. The van der Waals surface area contributed by atoms with Crippen LogP contribution in [-0.2, 0) is 0 Å². The van der Waals surface area contributed by atoms with E-state index >= 15 is 0 Å². The van der Waals surface area contributed by atoms with Crippen molar-refractivity contribution in [3.8, 4) is 23.1 Å². The van der Waals surface area contributed by atoms with E-state index in [0.717, 1.165) is 36.4 Å². The monoisotopic (exact) mass is 470 g/mol. The Bertz CT molecular complexity index is 1310. The number of aryl methyl sites for hydroxylation is 1. The maximum Gasteiger partial charge on any atom is 0.254 e. The van der Waals surface area contributed by atoms with Gasteiger partial charge in [0.25, 0.3) is 5.91 Å². The molecule has 0 saturated carbocycles. The van der Waals surface area contributed by atoms with Crippen molar-refractivity contribution in [3.63, 3.8) is 0 Å². The first-order valence-corrected chi connectivity index (χ1v) is 11.5.